The predicted molar refractivity (Wildman–Crippen MR) is 102 cm³/mol. The zero-order valence-electron chi connectivity index (χ0n) is 14.2. The van der Waals surface area contributed by atoms with E-state index in [4.69, 9.17) is 21.5 Å². The standard InChI is InChI=1S/C17H18ClN3O3S2/c1-26(22,23)13-4-2-3-12(9-13)17-19-16-14(20-5-7-24-8-6-20)10-21(18)11-15(16)25-17/h2-4,9-10H,5-8,11H2,1H3. The zero-order chi connectivity index (χ0) is 18.3. The van der Waals surface area contributed by atoms with Crippen LogP contribution in [0.4, 0.5) is 0 Å². The first kappa shape index (κ1) is 17.8. The van der Waals surface area contributed by atoms with E-state index in [1.807, 2.05) is 12.3 Å². The van der Waals surface area contributed by atoms with Crippen molar-refractivity contribution in [3.05, 3.63) is 41.0 Å². The minimum atomic E-state index is -3.26. The average Bonchev–Trinajstić information content (AvgIpc) is 3.05. The lowest BCUT2D eigenvalue weighted by atomic mass is 10.2. The molecule has 0 radical (unpaired) electrons. The van der Waals surface area contributed by atoms with Crippen molar-refractivity contribution in [3.8, 4) is 10.6 Å². The first-order chi connectivity index (χ1) is 12.4. The van der Waals surface area contributed by atoms with Crippen LogP contribution in [0.1, 0.15) is 10.6 Å². The Morgan fingerprint density at radius 2 is 2.04 bits per heavy atom. The van der Waals surface area contributed by atoms with E-state index < -0.39 is 9.84 Å². The summed E-state index contributed by atoms with van der Waals surface area (Å²) < 4.78 is 30.8. The number of fused-ring (bicyclic) bond motifs is 1. The summed E-state index contributed by atoms with van der Waals surface area (Å²) in [5.41, 5.74) is 2.72. The molecule has 9 heteroatoms. The Hall–Kier alpha value is -1.61. The molecule has 0 bridgehead atoms. The molecule has 1 aromatic carbocycles. The Morgan fingerprint density at radius 3 is 2.77 bits per heavy atom. The molecule has 2 aliphatic heterocycles. The molecule has 4 rings (SSSR count). The van der Waals surface area contributed by atoms with Gasteiger partial charge in [0.15, 0.2) is 9.84 Å². The van der Waals surface area contributed by atoms with Gasteiger partial charge in [0.1, 0.15) is 10.7 Å². The van der Waals surface area contributed by atoms with Gasteiger partial charge in [-0.2, -0.15) is 0 Å². The van der Waals surface area contributed by atoms with Gasteiger partial charge in [-0.25, -0.2) is 13.4 Å². The monoisotopic (exact) mass is 411 g/mol. The molecule has 1 fully saturated rings. The third-order valence-electron chi connectivity index (χ3n) is 4.36. The third kappa shape index (κ3) is 3.46. The van der Waals surface area contributed by atoms with Crippen LogP contribution in [0.3, 0.4) is 0 Å². The first-order valence-electron chi connectivity index (χ1n) is 8.19. The molecule has 138 valence electrons. The summed E-state index contributed by atoms with van der Waals surface area (Å²) >= 11 is 7.85. The van der Waals surface area contributed by atoms with Crippen LogP contribution in [0.25, 0.3) is 16.3 Å². The molecule has 2 aromatic rings. The second-order valence-electron chi connectivity index (χ2n) is 6.26. The van der Waals surface area contributed by atoms with E-state index in [0.717, 1.165) is 39.9 Å². The van der Waals surface area contributed by atoms with Crippen LogP contribution in [-0.4, -0.2) is 55.3 Å². The third-order valence-corrected chi connectivity index (χ3v) is 6.77. The van der Waals surface area contributed by atoms with Crippen molar-refractivity contribution < 1.29 is 13.2 Å². The number of ether oxygens (including phenoxy) is 1. The molecular formula is C17H18ClN3O3S2. The Labute approximate surface area is 161 Å². The lowest BCUT2D eigenvalue weighted by Crippen LogP contribution is -2.36. The van der Waals surface area contributed by atoms with Crippen molar-refractivity contribution in [2.75, 3.05) is 32.6 Å². The maximum Gasteiger partial charge on any atom is 0.175 e. The topological polar surface area (TPSA) is 62.7 Å². The fourth-order valence-electron chi connectivity index (χ4n) is 3.05. The highest BCUT2D eigenvalue weighted by Gasteiger charge is 2.27. The molecule has 1 aromatic heterocycles. The van der Waals surface area contributed by atoms with Gasteiger partial charge in [0, 0.05) is 42.9 Å². The van der Waals surface area contributed by atoms with Gasteiger partial charge in [-0.05, 0) is 12.1 Å². The number of sulfone groups is 1. The number of nitrogens with zero attached hydrogens (tertiary/aromatic N) is 3. The molecule has 0 amide bonds. The maximum atomic E-state index is 11.8. The highest BCUT2D eigenvalue weighted by Crippen LogP contribution is 2.37. The summed E-state index contributed by atoms with van der Waals surface area (Å²) in [4.78, 5) is 8.42. The summed E-state index contributed by atoms with van der Waals surface area (Å²) in [5, 5.41) is 0.798. The molecule has 0 N–H and O–H groups in total. The van der Waals surface area contributed by atoms with Gasteiger partial charge in [-0.1, -0.05) is 12.1 Å². The van der Waals surface area contributed by atoms with E-state index >= 15 is 0 Å². The molecule has 3 heterocycles. The van der Waals surface area contributed by atoms with Gasteiger partial charge in [0.05, 0.1) is 35.2 Å². The zero-order valence-corrected chi connectivity index (χ0v) is 16.6. The van der Waals surface area contributed by atoms with Gasteiger partial charge in [-0.15, -0.1) is 11.3 Å². The minimum absolute atomic E-state index is 0.297. The van der Waals surface area contributed by atoms with Crippen molar-refractivity contribution >= 4 is 38.6 Å². The molecule has 6 nitrogen and oxygen atoms in total. The summed E-state index contributed by atoms with van der Waals surface area (Å²) in [5.74, 6) is 0. The molecule has 0 saturated carbocycles. The second-order valence-corrected chi connectivity index (χ2v) is 9.80. The lowest BCUT2D eigenvalue weighted by Gasteiger charge is -2.33. The van der Waals surface area contributed by atoms with Gasteiger partial charge < -0.3 is 9.64 Å². The van der Waals surface area contributed by atoms with E-state index in [1.54, 1.807) is 34.0 Å². The smallest absolute Gasteiger partial charge is 0.175 e. The number of benzene rings is 1. The van der Waals surface area contributed by atoms with Gasteiger partial charge in [0.2, 0.25) is 0 Å². The Bertz CT molecular complexity index is 965. The summed E-state index contributed by atoms with van der Waals surface area (Å²) in [7, 11) is -3.26. The Balaban J connectivity index is 1.73. The number of rotatable bonds is 3. The lowest BCUT2D eigenvalue weighted by molar-refractivity contribution is 0.0633. The number of thiazole rings is 1. The minimum Gasteiger partial charge on any atom is -0.378 e. The van der Waals surface area contributed by atoms with E-state index in [1.165, 1.54) is 6.26 Å². The number of aromatic nitrogens is 1. The van der Waals surface area contributed by atoms with Crippen molar-refractivity contribution in [2.45, 2.75) is 11.4 Å². The fourth-order valence-corrected chi connectivity index (χ4v) is 5.07. The van der Waals surface area contributed by atoms with E-state index in [-0.39, 0.29) is 0 Å². The Kier molecular flexibility index (Phi) is 4.68. The summed E-state index contributed by atoms with van der Waals surface area (Å²) in [6.07, 6.45) is 3.12. The molecule has 0 spiro atoms. The van der Waals surface area contributed by atoms with Crippen LogP contribution in [0.5, 0.6) is 0 Å². The predicted octanol–water partition coefficient (Wildman–Crippen LogP) is 2.81. The largest absolute Gasteiger partial charge is 0.378 e. The maximum absolute atomic E-state index is 11.8. The van der Waals surface area contributed by atoms with Crippen LogP contribution in [0.15, 0.2) is 35.4 Å². The SMILES string of the molecule is CS(=O)(=O)c1cccc(-c2nc3c(s2)CN(Cl)C=C3N2CCOCC2)c1. The second kappa shape index (κ2) is 6.84. The molecule has 2 aliphatic rings. The quantitative estimate of drug-likeness (QED) is 0.724. The summed E-state index contributed by atoms with van der Waals surface area (Å²) in [6, 6.07) is 6.91. The number of morpholine rings is 1. The van der Waals surface area contributed by atoms with Crippen LogP contribution < -0.4 is 0 Å². The number of halogens is 1. The van der Waals surface area contributed by atoms with Gasteiger partial charge >= 0.3 is 0 Å². The van der Waals surface area contributed by atoms with Crippen LogP contribution in [0, 0.1) is 0 Å². The van der Waals surface area contributed by atoms with Crippen molar-refractivity contribution in [2.24, 2.45) is 0 Å². The highest BCUT2D eigenvalue weighted by atomic mass is 35.5. The molecule has 0 unspecified atom stereocenters. The average molecular weight is 412 g/mol. The van der Waals surface area contributed by atoms with E-state index in [0.29, 0.717) is 24.7 Å². The summed E-state index contributed by atoms with van der Waals surface area (Å²) in [6.45, 7) is 3.54. The number of hydrogen-bond donors (Lipinski definition) is 0. The normalized spacial score (nSPS) is 17.8. The van der Waals surface area contributed by atoms with Crippen molar-refractivity contribution in [3.63, 3.8) is 0 Å². The van der Waals surface area contributed by atoms with Crippen LogP contribution >= 0.6 is 23.1 Å². The van der Waals surface area contributed by atoms with Crippen molar-refractivity contribution in [1.82, 2.24) is 14.3 Å². The van der Waals surface area contributed by atoms with E-state index in [9.17, 15) is 8.42 Å². The van der Waals surface area contributed by atoms with Crippen LogP contribution in [-0.2, 0) is 21.1 Å². The van der Waals surface area contributed by atoms with Gasteiger partial charge in [0.25, 0.3) is 0 Å². The Morgan fingerprint density at radius 1 is 1.27 bits per heavy atom. The number of hydrogen-bond acceptors (Lipinski definition) is 7. The first-order valence-corrected chi connectivity index (χ1v) is 11.2. The van der Waals surface area contributed by atoms with Crippen molar-refractivity contribution in [1.29, 1.82) is 0 Å². The molecular weight excluding hydrogens is 394 g/mol. The molecule has 0 atom stereocenters. The fraction of sp³-hybridized carbons (Fsp3) is 0.353. The van der Waals surface area contributed by atoms with Crippen LogP contribution in [0.2, 0.25) is 0 Å². The van der Waals surface area contributed by atoms with E-state index in [2.05, 4.69) is 4.90 Å². The molecule has 0 aliphatic carbocycles. The molecule has 26 heavy (non-hydrogen) atoms. The van der Waals surface area contributed by atoms with Gasteiger partial charge in [-0.3, -0.25) is 4.42 Å². The molecule has 1 saturated heterocycles. The highest BCUT2D eigenvalue weighted by molar-refractivity contribution is 7.90.